The number of nitrogens with zero attached hydrogens (tertiary/aromatic N) is 1. The van der Waals surface area contributed by atoms with Crippen molar-refractivity contribution in [2.75, 3.05) is 31.2 Å². The van der Waals surface area contributed by atoms with Crippen molar-refractivity contribution >= 4 is 25.9 Å². The summed E-state index contributed by atoms with van der Waals surface area (Å²) in [5, 5.41) is 2.94. The molecule has 0 atom stereocenters. The number of anilines is 1. The zero-order chi connectivity index (χ0) is 15.9. The predicted octanol–water partition coefficient (Wildman–Crippen LogP) is -0.269. The van der Waals surface area contributed by atoms with E-state index in [0.29, 0.717) is 6.54 Å². The minimum atomic E-state index is -3.75. The number of nitrogens with one attached hydrogen (secondary N) is 3. The quantitative estimate of drug-likeness (QED) is 0.535. The summed E-state index contributed by atoms with van der Waals surface area (Å²) in [5.74, 6) is 0.280. The van der Waals surface area contributed by atoms with Gasteiger partial charge in [-0.3, -0.25) is 0 Å². The van der Waals surface area contributed by atoms with Gasteiger partial charge < -0.3 is 5.32 Å². The van der Waals surface area contributed by atoms with Crippen LogP contribution in [0.2, 0.25) is 0 Å². The molecule has 0 bridgehead atoms. The first-order valence-electron chi connectivity index (χ1n) is 6.39. The van der Waals surface area contributed by atoms with Crippen molar-refractivity contribution in [2.45, 2.75) is 18.2 Å². The molecule has 10 heteroatoms. The summed E-state index contributed by atoms with van der Waals surface area (Å²) >= 11 is 0. The van der Waals surface area contributed by atoms with E-state index in [-0.39, 0.29) is 23.8 Å². The Morgan fingerprint density at radius 3 is 2.38 bits per heavy atom. The number of pyridine rings is 1. The number of aromatic nitrogens is 1. The lowest BCUT2D eigenvalue weighted by Gasteiger charge is -2.11. The summed E-state index contributed by atoms with van der Waals surface area (Å²) in [5.41, 5.74) is 0. The lowest BCUT2D eigenvalue weighted by molar-refractivity contribution is 0.573. The van der Waals surface area contributed by atoms with Gasteiger partial charge in [0.15, 0.2) is 0 Å². The van der Waals surface area contributed by atoms with Crippen LogP contribution in [-0.4, -0.2) is 47.7 Å². The number of rotatable bonds is 9. The normalized spacial score (nSPS) is 12.3. The van der Waals surface area contributed by atoms with Crippen molar-refractivity contribution < 1.29 is 16.8 Å². The SMILES string of the molecule is CCCNc1ncccc1S(=O)(=O)NCCNS(C)(=O)=O. The number of sulfonamides is 2. The van der Waals surface area contributed by atoms with Crippen LogP contribution in [0.15, 0.2) is 23.2 Å². The molecule has 21 heavy (non-hydrogen) atoms. The Morgan fingerprint density at radius 1 is 1.10 bits per heavy atom. The summed E-state index contributed by atoms with van der Waals surface area (Å²) in [6.45, 7) is 2.50. The first kappa shape index (κ1) is 17.8. The summed E-state index contributed by atoms with van der Waals surface area (Å²) < 4.78 is 50.7. The highest BCUT2D eigenvalue weighted by molar-refractivity contribution is 7.89. The molecule has 0 aliphatic heterocycles. The van der Waals surface area contributed by atoms with Gasteiger partial charge in [-0.15, -0.1) is 0 Å². The van der Waals surface area contributed by atoms with E-state index in [1.807, 2.05) is 6.92 Å². The van der Waals surface area contributed by atoms with Crippen molar-refractivity contribution in [2.24, 2.45) is 0 Å². The van der Waals surface area contributed by atoms with Crippen molar-refractivity contribution in [1.29, 1.82) is 0 Å². The van der Waals surface area contributed by atoms with Gasteiger partial charge in [0.2, 0.25) is 20.0 Å². The second-order valence-corrected chi connectivity index (χ2v) is 7.91. The van der Waals surface area contributed by atoms with Crippen LogP contribution < -0.4 is 14.8 Å². The lowest BCUT2D eigenvalue weighted by Crippen LogP contribution is -2.34. The molecule has 1 rings (SSSR count). The fourth-order valence-corrected chi connectivity index (χ4v) is 3.12. The van der Waals surface area contributed by atoms with E-state index in [0.717, 1.165) is 12.7 Å². The van der Waals surface area contributed by atoms with Gasteiger partial charge >= 0.3 is 0 Å². The van der Waals surface area contributed by atoms with E-state index in [9.17, 15) is 16.8 Å². The molecule has 0 radical (unpaired) electrons. The second-order valence-electron chi connectivity index (χ2n) is 4.34. The third kappa shape index (κ3) is 6.38. The molecule has 0 aromatic carbocycles. The van der Waals surface area contributed by atoms with Crippen LogP contribution >= 0.6 is 0 Å². The molecular formula is C11H20N4O4S2. The van der Waals surface area contributed by atoms with Gasteiger partial charge in [-0.25, -0.2) is 31.3 Å². The molecular weight excluding hydrogens is 316 g/mol. The molecule has 1 aromatic heterocycles. The summed E-state index contributed by atoms with van der Waals surface area (Å²) in [6.07, 6.45) is 3.35. The maximum absolute atomic E-state index is 12.2. The minimum absolute atomic E-state index is 0.0178. The van der Waals surface area contributed by atoms with Gasteiger partial charge in [-0.05, 0) is 18.6 Å². The van der Waals surface area contributed by atoms with Gasteiger partial charge in [0.05, 0.1) is 6.26 Å². The van der Waals surface area contributed by atoms with E-state index in [2.05, 4.69) is 19.7 Å². The van der Waals surface area contributed by atoms with Crippen LogP contribution in [0.3, 0.4) is 0 Å². The monoisotopic (exact) mass is 336 g/mol. The molecule has 0 fully saturated rings. The molecule has 8 nitrogen and oxygen atoms in total. The van der Waals surface area contributed by atoms with E-state index < -0.39 is 20.0 Å². The number of hydrogen-bond donors (Lipinski definition) is 3. The van der Waals surface area contributed by atoms with Gasteiger partial charge in [0, 0.05) is 25.8 Å². The Kier molecular flexibility index (Phi) is 6.52. The largest absolute Gasteiger partial charge is 0.369 e. The fraction of sp³-hybridized carbons (Fsp3) is 0.545. The smallest absolute Gasteiger partial charge is 0.244 e. The van der Waals surface area contributed by atoms with Crippen LogP contribution in [0, 0.1) is 0 Å². The van der Waals surface area contributed by atoms with E-state index in [1.165, 1.54) is 18.3 Å². The third-order valence-corrected chi connectivity index (χ3v) is 4.61. The summed E-state index contributed by atoms with van der Waals surface area (Å²) in [7, 11) is -7.09. The Morgan fingerprint density at radius 2 is 1.76 bits per heavy atom. The lowest BCUT2D eigenvalue weighted by atomic mass is 10.4. The van der Waals surface area contributed by atoms with Crippen molar-refractivity contribution in [3.63, 3.8) is 0 Å². The third-order valence-electron chi connectivity index (χ3n) is 2.38. The highest BCUT2D eigenvalue weighted by Crippen LogP contribution is 2.17. The highest BCUT2D eigenvalue weighted by Gasteiger charge is 2.18. The highest BCUT2D eigenvalue weighted by atomic mass is 32.2. The van der Waals surface area contributed by atoms with E-state index in [1.54, 1.807) is 0 Å². The molecule has 0 saturated carbocycles. The molecule has 3 N–H and O–H groups in total. The Labute approximate surface area is 125 Å². The van der Waals surface area contributed by atoms with Crippen LogP contribution in [0.5, 0.6) is 0 Å². The topological polar surface area (TPSA) is 117 Å². The molecule has 1 heterocycles. The van der Waals surface area contributed by atoms with Crippen molar-refractivity contribution in [3.8, 4) is 0 Å². The van der Waals surface area contributed by atoms with Gasteiger partial charge in [-0.1, -0.05) is 6.92 Å². The molecule has 0 unspecified atom stereocenters. The molecule has 0 saturated heterocycles. The first-order chi connectivity index (χ1) is 9.76. The number of hydrogen-bond acceptors (Lipinski definition) is 6. The maximum Gasteiger partial charge on any atom is 0.244 e. The summed E-state index contributed by atoms with van der Waals surface area (Å²) in [6, 6.07) is 2.97. The maximum atomic E-state index is 12.2. The van der Waals surface area contributed by atoms with Gasteiger partial charge in [-0.2, -0.15) is 0 Å². The zero-order valence-corrected chi connectivity index (χ0v) is 13.6. The minimum Gasteiger partial charge on any atom is -0.369 e. The zero-order valence-electron chi connectivity index (χ0n) is 12.0. The average Bonchev–Trinajstić information content (AvgIpc) is 2.41. The van der Waals surface area contributed by atoms with Crippen LogP contribution in [-0.2, 0) is 20.0 Å². The molecule has 120 valence electrons. The molecule has 0 aliphatic carbocycles. The van der Waals surface area contributed by atoms with Crippen LogP contribution in [0.25, 0.3) is 0 Å². The first-order valence-corrected chi connectivity index (χ1v) is 9.77. The van der Waals surface area contributed by atoms with Gasteiger partial charge in [0.1, 0.15) is 10.7 Å². The fourth-order valence-electron chi connectivity index (χ4n) is 1.48. The van der Waals surface area contributed by atoms with Crippen molar-refractivity contribution in [1.82, 2.24) is 14.4 Å². The Hall–Kier alpha value is -1.23. The summed E-state index contributed by atoms with van der Waals surface area (Å²) in [4.78, 5) is 4.05. The molecule has 0 spiro atoms. The van der Waals surface area contributed by atoms with E-state index in [4.69, 9.17) is 0 Å². The van der Waals surface area contributed by atoms with Gasteiger partial charge in [0.25, 0.3) is 0 Å². The van der Waals surface area contributed by atoms with Crippen LogP contribution in [0.4, 0.5) is 5.82 Å². The Balaban J connectivity index is 2.74. The van der Waals surface area contributed by atoms with Crippen molar-refractivity contribution in [3.05, 3.63) is 18.3 Å². The second kappa shape index (κ2) is 7.69. The Bertz CT molecular complexity index is 659. The van der Waals surface area contributed by atoms with E-state index >= 15 is 0 Å². The average molecular weight is 336 g/mol. The molecule has 0 amide bonds. The molecule has 0 aliphatic rings. The predicted molar refractivity (Wildman–Crippen MR) is 81.1 cm³/mol. The standard InChI is InChI=1S/C11H20N4O4S2/c1-3-6-12-11-10(5-4-7-13-11)21(18,19)15-9-8-14-20(2,16)17/h4-5,7,14-15H,3,6,8-9H2,1-2H3,(H,12,13). The van der Waals surface area contributed by atoms with Crippen LogP contribution in [0.1, 0.15) is 13.3 Å². The molecule has 1 aromatic rings.